The Kier molecular flexibility index (Phi) is 3.61. The van der Waals surface area contributed by atoms with Crippen molar-refractivity contribution < 1.29 is 19.1 Å². The van der Waals surface area contributed by atoms with E-state index in [-0.39, 0.29) is 23.7 Å². The van der Waals surface area contributed by atoms with Crippen molar-refractivity contribution in [1.82, 2.24) is 13.6 Å². The van der Waals surface area contributed by atoms with E-state index in [9.17, 15) is 9.59 Å². The molecule has 0 spiro atoms. The van der Waals surface area contributed by atoms with Gasteiger partial charge in [0.15, 0.2) is 5.69 Å². The normalized spacial score (nSPS) is 10.4. The maximum atomic E-state index is 11.9. The van der Waals surface area contributed by atoms with Crippen LogP contribution in [0.3, 0.4) is 0 Å². The van der Waals surface area contributed by atoms with E-state index in [0.29, 0.717) is 11.5 Å². The van der Waals surface area contributed by atoms with Crippen LogP contribution < -0.4 is 0 Å². The van der Waals surface area contributed by atoms with Crippen molar-refractivity contribution in [2.75, 3.05) is 7.05 Å². The van der Waals surface area contributed by atoms with Gasteiger partial charge in [0.2, 0.25) is 0 Å². The molecule has 1 amide bonds. The van der Waals surface area contributed by atoms with Gasteiger partial charge in [-0.25, -0.2) is 4.79 Å². The molecule has 0 aliphatic carbocycles. The summed E-state index contributed by atoms with van der Waals surface area (Å²) in [6.45, 7) is 1.74. The van der Waals surface area contributed by atoms with E-state index in [2.05, 4.69) is 8.75 Å². The second-order valence-electron chi connectivity index (χ2n) is 3.94. The molecule has 0 aromatic carbocycles. The minimum atomic E-state index is -1.05. The van der Waals surface area contributed by atoms with Gasteiger partial charge in [-0.2, -0.15) is 8.75 Å². The number of nitrogens with zero attached hydrogens (tertiary/aromatic N) is 3. The lowest BCUT2D eigenvalue weighted by Crippen LogP contribution is -2.26. The first kappa shape index (κ1) is 13.2. The Morgan fingerprint density at radius 1 is 1.53 bits per heavy atom. The monoisotopic (exact) mass is 281 g/mol. The smallest absolute Gasteiger partial charge is 0.339 e. The third-order valence-electron chi connectivity index (χ3n) is 2.52. The summed E-state index contributed by atoms with van der Waals surface area (Å²) in [5.41, 5.74) is 0.361. The van der Waals surface area contributed by atoms with E-state index in [0.717, 1.165) is 11.7 Å². The highest BCUT2D eigenvalue weighted by Crippen LogP contribution is 2.16. The van der Waals surface area contributed by atoms with Crippen LogP contribution in [0, 0.1) is 6.92 Å². The zero-order valence-electron chi connectivity index (χ0n) is 10.3. The van der Waals surface area contributed by atoms with E-state index in [1.807, 2.05) is 0 Å². The molecule has 19 heavy (non-hydrogen) atoms. The SMILES string of the molecule is Cc1oc(CN(C)C(=O)c2cnsn2)cc1C(=O)O. The number of rotatable bonds is 4. The van der Waals surface area contributed by atoms with Crippen LogP contribution in [0.1, 0.15) is 32.4 Å². The van der Waals surface area contributed by atoms with E-state index >= 15 is 0 Å². The summed E-state index contributed by atoms with van der Waals surface area (Å²) in [7, 11) is 1.58. The molecule has 0 bridgehead atoms. The highest BCUT2D eigenvalue weighted by Gasteiger charge is 2.18. The lowest BCUT2D eigenvalue weighted by molar-refractivity contribution is 0.0694. The molecule has 0 aliphatic rings. The number of carboxylic acids is 1. The molecule has 0 radical (unpaired) electrons. The van der Waals surface area contributed by atoms with Crippen LogP contribution in [-0.2, 0) is 6.54 Å². The molecule has 7 nitrogen and oxygen atoms in total. The second kappa shape index (κ2) is 5.19. The number of aromatic carboxylic acids is 1. The second-order valence-corrected chi connectivity index (χ2v) is 4.50. The predicted molar refractivity (Wildman–Crippen MR) is 66.1 cm³/mol. The van der Waals surface area contributed by atoms with Crippen LogP contribution in [0.5, 0.6) is 0 Å². The zero-order valence-corrected chi connectivity index (χ0v) is 11.1. The summed E-state index contributed by atoms with van der Waals surface area (Å²) >= 11 is 0.953. The van der Waals surface area contributed by atoms with Crippen LogP contribution >= 0.6 is 11.7 Å². The highest BCUT2D eigenvalue weighted by atomic mass is 32.1. The number of aromatic nitrogens is 2. The first-order chi connectivity index (χ1) is 8.99. The first-order valence-corrected chi connectivity index (χ1v) is 6.07. The van der Waals surface area contributed by atoms with Crippen molar-refractivity contribution in [2.45, 2.75) is 13.5 Å². The number of aryl methyl sites for hydroxylation is 1. The molecular weight excluding hydrogens is 270 g/mol. The molecule has 8 heteroatoms. The largest absolute Gasteiger partial charge is 0.478 e. The number of hydrogen-bond acceptors (Lipinski definition) is 6. The summed E-state index contributed by atoms with van der Waals surface area (Å²) in [5, 5.41) is 8.92. The fourth-order valence-electron chi connectivity index (χ4n) is 1.59. The number of carboxylic acid groups (broad SMARTS) is 1. The molecule has 100 valence electrons. The maximum absolute atomic E-state index is 11.9. The van der Waals surface area contributed by atoms with Gasteiger partial charge in [0, 0.05) is 7.05 Å². The lowest BCUT2D eigenvalue weighted by Gasteiger charge is -2.13. The quantitative estimate of drug-likeness (QED) is 0.910. The Balaban J connectivity index is 2.11. The third-order valence-corrected chi connectivity index (χ3v) is 3.00. The minimum absolute atomic E-state index is 0.103. The Morgan fingerprint density at radius 2 is 2.26 bits per heavy atom. The number of amides is 1. The van der Waals surface area contributed by atoms with E-state index < -0.39 is 5.97 Å². The molecule has 1 N–H and O–H groups in total. The highest BCUT2D eigenvalue weighted by molar-refractivity contribution is 6.99. The van der Waals surface area contributed by atoms with E-state index in [1.54, 1.807) is 14.0 Å². The fraction of sp³-hybridized carbons (Fsp3) is 0.273. The topological polar surface area (TPSA) is 96.5 Å². The van der Waals surface area contributed by atoms with Gasteiger partial charge in [-0.3, -0.25) is 4.79 Å². The molecule has 2 aromatic heterocycles. The molecule has 2 rings (SSSR count). The molecule has 0 saturated carbocycles. The van der Waals surface area contributed by atoms with E-state index in [1.165, 1.54) is 17.2 Å². The van der Waals surface area contributed by atoms with E-state index in [4.69, 9.17) is 9.52 Å². The van der Waals surface area contributed by atoms with Crippen LogP contribution in [0.4, 0.5) is 0 Å². The van der Waals surface area contributed by atoms with Crippen molar-refractivity contribution >= 4 is 23.6 Å². The van der Waals surface area contributed by atoms with Crippen LogP contribution in [0.2, 0.25) is 0 Å². The van der Waals surface area contributed by atoms with Crippen molar-refractivity contribution in [3.8, 4) is 0 Å². The van der Waals surface area contributed by atoms with Gasteiger partial charge in [-0.15, -0.1) is 0 Å². The van der Waals surface area contributed by atoms with Gasteiger partial charge in [0.1, 0.15) is 17.1 Å². The van der Waals surface area contributed by atoms with Crippen molar-refractivity contribution in [3.05, 3.63) is 35.0 Å². The summed E-state index contributed by atoms with van der Waals surface area (Å²) in [5.74, 6) is -0.613. The van der Waals surface area contributed by atoms with Crippen LogP contribution in [0.25, 0.3) is 0 Å². The van der Waals surface area contributed by atoms with Gasteiger partial charge >= 0.3 is 5.97 Å². The first-order valence-electron chi connectivity index (χ1n) is 5.34. The summed E-state index contributed by atoms with van der Waals surface area (Å²) in [6, 6.07) is 1.42. The van der Waals surface area contributed by atoms with Crippen LogP contribution in [0.15, 0.2) is 16.7 Å². The number of furan rings is 1. The third kappa shape index (κ3) is 2.79. The molecule has 0 atom stereocenters. The molecule has 0 aliphatic heterocycles. The van der Waals surface area contributed by atoms with Crippen molar-refractivity contribution in [2.24, 2.45) is 0 Å². The van der Waals surface area contributed by atoms with Gasteiger partial charge < -0.3 is 14.4 Å². The average molecular weight is 281 g/mol. The van der Waals surface area contributed by atoms with Crippen molar-refractivity contribution in [1.29, 1.82) is 0 Å². The van der Waals surface area contributed by atoms with Crippen LogP contribution in [-0.4, -0.2) is 37.7 Å². The van der Waals surface area contributed by atoms with Crippen molar-refractivity contribution in [3.63, 3.8) is 0 Å². The summed E-state index contributed by atoms with van der Waals surface area (Å²) < 4.78 is 12.9. The molecule has 2 aromatic rings. The Bertz CT molecular complexity index is 605. The predicted octanol–water partition coefficient (Wildman–Crippen LogP) is 1.41. The summed E-state index contributed by atoms with van der Waals surface area (Å²) in [4.78, 5) is 24.2. The summed E-state index contributed by atoms with van der Waals surface area (Å²) in [6.07, 6.45) is 1.39. The molecular formula is C11H11N3O4S. The number of carbonyl (C=O) groups excluding carboxylic acids is 1. The average Bonchev–Trinajstić information content (AvgIpc) is 2.97. The standard InChI is InChI=1S/C11H11N3O4S/c1-6-8(11(16)17)3-7(18-6)5-14(2)10(15)9-4-12-19-13-9/h3-4H,5H2,1-2H3,(H,16,17). The Morgan fingerprint density at radius 3 is 2.79 bits per heavy atom. The van der Waals surface area contributed by atoms with Gasteiger partial charge in [-0.05, 0) is 13.0 Å². The zero-order chi connectivity index (χ0) is 14.0. The molecule has 0 fully saturated rings. The Hall–Kier alpha value is -2.22. The number of carbonyl (C=O) groups is 2. The molecule has 0 saturated heterocycles. The maximum Gasteiger partial charge on any atom is 0.339 e. The van der Waals surface area contributed by atoms with Gasteiger partial charge in [0.25, 0.3) is 5.91 Å². The molecule has 2 heterocycles. The van der Waals surface area contributed by atoms with Gasteiger partial charge in [0.05, 0.1) is 24.5 Å². The van der Waals surface area contributed by atoms with Gasteiger partial charge in [-0.1, -0.05) is 0 Å². The minimum Gasteiger partial charge on any atom is -0.478 e. The lowest BCUT2D eigenvalue weighted by atomic mass is 10.2. The number of hydrogen-bond donors (Lipinski definition) is 1. The fourth-order valence-corrected chi connectivity index (χ4v) is 2.00. The Labute approximate surface area is 112 Å². The molecule has 0 unspecified atom stereocenters.